The Balaban J connectivity index is 1.39. The number of aromatic nitrogens is 2. The molecule has 4 heterocycles. The molecule has 1 amide bonds. The number of amides is 1. The number of ether oxygens (including phenoxy) is 2. The molecule has 3 aromatic rings. The van der Waals surface area contributed by atoms with Crippen LogP contribution in [0, 0.1) is 0 Å². The van der Waals surface area contributed by atoms with Crippen molar-refractivity contribution >= 4 is 29.2 Å². The van der Waals surface area contributed by atoms with Gasteiger partial charge in [-0.05, 0) is 48.7 Å². The summed E-state index contributed by atoms with van der Waals surface area (Å²) >= 11 is 6.27. The molecule has 0 bridgehead atoms. The van der Waals surface area contributed by atoms with Crippen LogP contribution in [-0.2, 0) is 4.79 Å². The molecular formula is C22H20ClN3O3. The summed E-state index contributed by atoms with van der Waals surface area (Å²) in [6.45, 7) is 1.84. The van der Waals surface area contributed by atoms with Crippen LogP contribution in [0.1, 0.15) is 30.1 Å². The summed E-state index contributed by atoms with van der Waals surface area (Å²) < 4.78 is 13.2. The quantitative estimate of drug-likeness (QED) is 0.610. The van der Waals surface area contributed by atoms with E-state index < -0.39 is 0 Å². The molecule has 29 heavy (non-hydrogen) atoms. The second kappa shape index (κ2) is 7.44. The minimum Gasteiger partial charge on any atom is -0.486 e. The Morgan fingerprint density at radius 1 is 1.17 bits per heavy atom. The van der Waals surface area contributed by atoms with E-state index in [1.165, 1.54) is 0 Å². The summed E-state index contributed by atoms with van der Waals surface area (Å²) in [5.74, 6) is 1.48. The Morgan fingerprint density at radius 2 is 2.03 bits per heavy atom. The Morgan fingerprint density at radius 3 is 2.93 bits per heavy atom. The third kappa shape index (κ3) is 3.34. The van der Waals surface area contributed by atoms with Gasteiger partial charge in [0.15, 0.2) is 16.7 Å². The van der Waals surface area contributed by atoms with Gasteiger partial charge in [0.25, 0.3) is 0 Å². The maximum Gasteiger partial charge on any atom is 0.247 e. The molecule has 2 aromatic heterocycles. The molecule has 1 unspecified atom stereocenters. The molecule has 0 saturated carbocycles. The second-order valence-electron chi connectivity index (χ2n) is 7.14. The van der Waals surface area contributed by atoms with E-state index in [2.05, 4.69) is 4.98 Å². The second-order valence-corrected chi connectivity index (χ2v) is 7.50. The first kappa shape index (κ1) is 18.1. The number of benzene rings is 1. The highest BCUT2D eigenvalue weighted by Gasteiger charge is 2.30. The number of carbonyl (C=O) groups excluding carboxylic acids is 1. The highest BCUT2D eigenvalue weighted by atomic mass is 35.5. The summed E-state index contributed by atoms with van der Waals surface area (Å²) in [6.07, 6.45) is 7.10. The fourth-order valence-electron chi connectivity index (χ4n) is 4.03. The summed E-state index contributed by atoms with van der Waals surface area (Å²) in [5.41, 5.74) is 2.52. The first-order chi connectivity index (χ1) is 14.2. The van der Waals surface area contributed by atoms with E-state index in [1.54, 1.807) is 12.2 Å². The molecule has 1 aromatic carbocycles. The SMILES string of the molecule is O=C(/C=C/c1c(Cl)nc2ccccn12)N1CCCC1c1ccc2c(c1)OCCO2. The zero-order valence-corrected chi connectivity index (χ0v) is 16.5. The zero-order chi connectivity index (χ0) is 19.8. The van der Waals surface area contributed by atoms with E-state index in [4.69, 9.17) is 21.1 Å². The van der Waals surface area contributed by atoms with Gasteiger partial charge in [0.05, 0.1) is 11.7 Å². The number of imidazole rings is 1. The van der Waals surface area contributed by atoms with Gasteiger partial charge >= 0.3 is 0 Å². The largest absolute Gasteiger partial charge is 0.486 e. The molecule has 7 heteroatoms. The van der Waals surface area contributed by atoms with Gasteiger partial charge in [-0.1, -0.05) is 23.7 Å². The molecule has 2 aliphatic rings. The average molecular weight is 410 g/mol. The Kier molecular flexibility index (Phi) is 4.64. The molecule has 2 aliphatic heterocycles. The van der Waals surface area contributed by atoms with Crippen molar-refractivity contribution in [3.8, 4) is 11.5 Å². The van der Waals surface area contributed by atoms with Gasteiger partial charge in [-0.25, -0.2) is 4.98 Å². The first-order valence-corrected chi connectivity index (χ1v) is 10.1. The third-order valence-corrected chi connectivity index (χ3v) is 5.67. The average Bonchev–Trinajstić information content (AvgIpc) is 3.36. The van der Waals surface area contributed by atoms with Gasteiger partial charge in [0, 0.05) is 18.8 Å². The van der Waals surface area contributed by atoms with Crippen molar-refractivity contribution in [3.05, 3.63) is 65.1 Å². The van der Waals surface area contributed by atoms with Crippen molar-refractivity contribution in [1.29, 1.82) is 0 Å². The Labute approximate surface area is 173 Å². The zero-order valence-electron chi connectivity index (χ0n) is 15.8. The maximum atomic E-state index is 13.0. The minimum atomic E-state index is -0.0377. The van der Waals surface area contributed by atoms with Gasteiger partial charge in [0.2, 0.25) is 5.91 Å². The maximum absolute atomic E-state index is 13.0. The van der Waals surface area contributed by atoms with Crippen LogP contribution < -0.4 is 9.47 Å². The fraction of sp³-hybridized carbons (Fsp3) is 0.273. The molecule has 0 aliphatic carbocycles. The normalized spacial score (nSPS) is 18.7. The standard InChI is InChI=1S/C22H20ClN3O3/c23-22-17(25-10-2-1-5-20(25)24-22)7-9-21(27)26-11-3-4-16(26)15-6-8-18-19(14-15)29-13-12-28-18/h1-2,5-10,14,16H,3-4,11-13H2/b9-7+. The lowest BCUT2D eigenvalue weighted by atomic mass is 10.0. The number of rotatable bonds is 3. The van der Waals surface area contributed by atoms with E-state index in [0.29, 0.717) is 24.1 Å². The van der Waals surface area contributed by atoms with Gasteiger partial charge in [0.1, 0.15) is 18.9 Å². The molecule has 1 saturated heterocycles. The predicted molar refractivity (Wildman–Crippen MR) is 110 cm³/mol. The van der Waals surface area contributed by atoms with E-state index in [1.807, 2.05) is 51.9 Å². The monoisotopic (exact) mass is 409 g/mol. The summed E-state index contributed by atoms with van der Waals surface area (Å²) in [6, 6.07) is 11.7. The molecular weight excluding hydrogens is 390 g/mol. The number of nitrogens with zero attached hydrogens (tertiary/aromatic N) is 3. The molecule has 6 nitrogen and oxygen atoms in total. The van der Waals surface area contributed by atoms with Crippen molar-refractivity contribution in [2.45, 2.75) is 18.9 Å². The van der Waals surface area contributed by atoms with Crippen LogP contribution in [0.25, 0.3) is 11.7 Å². The molecule has 1 fully saturated rings. The van der Waals surface area contributed by atoms with Crippen LogP contribution in [0.5, 0.6) is 11.5 Å². The summed E-state index contributed by atoms with van der Waals surface area (Å²) in [7, 11) is 0. The number of pyridine rings is 1. The van der Waals surface area contributed by atoms with E-state index in [0.717, 1.165) is 42.1 Å². The molecule has 0 radical (unpaired) electrons. The highest BCUT2D eigenvalue weighted by molar-refractivity contribution is 6.31. The number of halogens is 1. The van der Waals surface area contributed by atoms with E-state index in [-0.39, 0.29) is 11.9 Å². The van der Waals surface area contributed by atoms with Crippen molar-refractivity contribution in [1.82, 2.24) is 14.3 Å². The van der Waals surface area contributed by atoms with Crippen molar-refractivity contribution in [2.24, 2.45) is 0 Å². The molecule has 0 spiro atoms. The van der Waals surface area contributed by atoms with Crippen molar-refractivity contribution in [3.63, 3.8) is 0 Å². The van der Waals surface area contributed by atoms with Gasteiger partial charge in [-0.2, -0.15) is 0 Å². The van der Waals surface area contributed by atoms with E-state index >= 15 is 0 Å². The lowest BCUT2D eigenvalue weighted by Gasteiger charge is -2.26. The number of hydrogen-bond acceptors (Lipinski definition) is 4. The number of carbonyl (C=O) groups is 1. The van der Waals surface area contributed by atoms with Crippen molar-refractivity contribution < 1.29 is 14.3 Å². The van der Waals surface area contributed by atoms with Crippen molar-refractivity contribution in [2.75, 3.05) is 19.8 Å². The molecule has 148 valence electrons. The van der Waals surface area contributed by atoms with Crippen LogP contribution in [0.2, 0.25) is 5.15 Å². The topological polar surface area (TPSA) is 56.1 Å². The van der Waals surface area contributed by atoms with Crippen LogP contribution in [0.4, 0.5) is 0 Å². The Bertz CT molecular complexity index is 1110. The summed E-state index contributed by atoms with van der Waals surface area (Å²) in [5, 5.41) is 0.380. The third-order valence-electron chi connectivity index (χ3n) is 5.39. The smallest absolute Gasteiger partial charge is 0.247 e. The minimum absolute atomic E-state index is 0.0284. The number of likely N-dealkylation sites (tertiary alicyclic amines) is 1. The Hall–Kier alpha value is -2.99. The van der Waals surface area contributed by atoms with Crippen LogP contribution >= 0.6 is 11.6 Å². The lowest BCUT2D eigenvalue weighted by Crippen LogP contribution is -2.29. The van der Waals surface area contributed by atoms with Gasteiger partial charge in [-0.3, -0.25) is 9.20 Å². The molecule has 5 rings (SSSR count). The first-order valence-electron chi connectivity index (χ1n) is 9.71. The lowest BCUT2D eigenvalue weighted by molar-refractivity contribution is -0.126. The fourth-order valence-corrected chi connectivity index (χ4v) is 4.27. The number of fused-ring (bicyclic) bond motifs is 2. The number of hydrogen-bond donors (Lipinski definition) is 0. The van der Waals surface area contributed by atoms with E-state index in [9.17, 15) is 4.79 Å². The summed E-state index contributed by atoms with van der Waals surface area (Å²) in [4.78, 5) is 19.2. The van der Waals surface area contributed by atoms with Crippen LogP contribution in [-0.4, -0.2) is 40.0 Å². The van der Waals surface area contributed by atoms with Crippen LogP contribution in [0.3, 0.4) is 0 Å². The van der Waals surface area contributed by atoms with Gasteiger partial charge in [-0.15, -0.1) is 0 Å². The predicted octanol–water partition coefficient (Wildman–Crippen LogP) is 4.14. The van der Waals surface area contributed by atoms with Crippen LogP contribution in [0.15, 0.2) is 48.7 Å². The van der Waals surface area contributed by atoms with Gasteiger partial charge < -0.3 is 14.4 Å². The molecule has 1 atom stereocenters. The molecule has 0 N–H and O–H groups in total. The highest BCUT2D eigenvalue weighted by Crippen LogP contribution is 2.38.